The van der Waals surface area contributed by atoms with Crippen molar-refractivity contribution in [1.29, 1.82) is 0 Å². The molecule has 0 aliphatic rings. The molecule has 0 unspecified atom stereocenters. The number of ether oxygens (including phenoxy) is 1. The minimum absolute atomic E-state index is 0.143. The van der Waals surface area contributed by atoms with Crippen molar-refractivity contribution < 1.29 is 22.7 Å². The maximum Gasteiger partial charge on any atom is 0.418 e. The molecule has 4 nitrogen and oxygen atoms in total. The van der Waals surface area contributed by atoms with E-state index in [9.17, 15) is 18.0 Å². The lowest BCUT2D eigenvalue weighted by atomic mass is 10.1. The molecule has 0 N–H and O–H groups in total. The first-order valence-corrected chi connectivity index (χ1v) is 11.9. The number of aromatic nitrogens is 1. The molecule has 1 aromatic heterocycles. The van der Waals surface area contributed by atoms with Crippen molar-refractivity contribution in [2.24, 2.45) is 0 Å². The van der Waals surface area contributed by atoms with Crippen LogP contribution in [0.1, 0.15) is 21.5 Å². The zero-order valence-electron chi connectivity index (χ0n) is 18.8. The van der Waals surface area contributed by atoms with Gasteiger partial charge in [0.05, 0.1) is 22.3 Å². The third-order valence-corrected chi connectivity index (χ3v) is 6.48. The van der Waals surface area contributed by atoms with Crippen molar-refractivity contribution >= 4 is 32.6 Å². The average molecular weight is 505 g/mol. The second-order valence-electron chi connectivity index (χ2n) is 7.97. The van der Waals surface area contributed by atoms with E-state index in [4.69, 9.17) is 4.74 Å². The summed E-state index contributed by atoms with van der Waals surface area (Å²) < 4.78 is 47.0. The van der Waals surface area contributed by atoms with Gasteiger partial charge in [0, 0.05) is 5.56 Å². The summed E-state index contributed by atoms with van der Waals surface area (Å²) in [5, 5.41) is 0.185. The van der Waals surface area contributed by atoms with Gasteiger partial charge in [-0.1, -0.05) is 72.0 Å². The molecular formula is C28H19F3N2O2S. The first kappa shape index (κ1) is 23.6. The van der Waals surface area contributed by atoms with Crippen LogP contribution < -0.4 is 9.64 Å². The smallest absolute Gasteiger partial charge is 0.418 e. The highest BCUT2D eigenvalue weighted by Gasteiger charge is 2.34. The third kappa shape index (κ3) is 5.08. The van der Waals surface area contributed by atoms with E-state index in [0.717, 1.165) is 23.0 Å². The summed E-state index contributed by atoms with van der Waals surface area (Å²) in [7, 11) is 0. The molecule has 1 amide bonds. The van der Waals surface area contributed by atoms with Crippen molar-refractivity contribution in [2.75, 3.05) is 4.90 Å². The number of rotatable bonds is 6. The number of para-hydroxylation sites is 2. The van der Waals surface area contributed by atoms with Gasteiger partial charge in [-0.15, -0.1) is 0 Å². The molecule has 0 bridgehead atoms. The second-order valence-corrected chi connectivity index (χ2v) is 8.98. The number of carbonyl (C=O) groups excluding carboxylic acids is 1. The molecule has 0 spiro atoms. The Morgan fingerprint density at radius 3 is 2.22 bits per heavy atom. The van der Waals surface area contributed by atoms with Gasteiger partial charge in [-0.05, 0) is 48.0 Å². The van der Waals surface area contributed by atoms with E-state index >= 15 is 0 Å². The van der Waals surface area contributed by atoms with E-state index in [-0.39, 0.29) is 17.2 Å². The topological polar surface area (TPSA) is 42.4 Å². The summed E-state index contributed by atoms with van der Waals surface area (Å²) in [5.74, 6) is 0.689. The summed E-state index contributed by atoms with van der Waals surface area (Å²) in [6.45, 7) is 0.143. The van der Waals surface area contributed by atoms with Crippen LogP contribution in [0.4, 0.5) is 18.3 Å². The van der Waals surface area contributed by atoms with Gasteiger partial charge < -0.3 is 4.74 Å². The van der Waals surface area contributed by atoms with Gasteiger partial charge in [0.25, 0.3) is 5.91 Å². The van der Waals surface area contributed by atoms with E-state index < -0.39 is 17.6 Å². The summed E-state index contributed by atoms with van der Waals surface area (Å²) >= 11 is 1.05. The molecule has 0 aliphatic carbocycles. The Morgan fingerprint density at radius 1 is 0.833 bits per heavy atom. The van der Waals surface area contributed by atoms with Gasteiger partial charge in [-0.3, -0.25) is 9.69 Å². The fourth-order valence-corrected chi connectivity index (χ4v) is 4.74. The fourth-order valence-electron chi connectivity index (χ4n) is 3.75. The Kier molecular flexibility index (Phi) is 6.43. The molecule has 1 heterocycles. The Hall–Kier alpha value is -4.17. The number of fused-ring (bicyclic) bond motifs is 1. The van der Waals surface area contributed by atoms with Gasteiger partial charge in [-0.2, -0.15) is 13.2 Å². The summed E-state index contributed by atoms with van der Waals surface area (Å²) in [6, 6.07) is 29.0. The maximum atomic E-state index is 13.7. The third-order valence-electron chi connectivity index (χ3n) is 5.43. The zero-order chi connectivity index (χ0) is 25.1. The number of halogens is 3. The first-order chi connectivity index (χ1) is 17.4. The highest BCUT2D eigenvalue weighted by Crippen LogP contribution is 2.39. The Bertz CT molecular complexity index is 1500. The van der Waals surface area contributed by atoms with Crippen molar-refractivity contribution in [3.05, 3.63) is 120 Å². The molecule has 5 aromatic rings. The molecule has 0 aliphatic heterocycles. The number of hydrogen-bond donors (Lipinski definition) is 0. The largest absolute Gasteiger partial charge is 0.457 e. The lowest BCUT2D eigenvalue weighted by Gasteiger charge is -2.20. The van der Waals surface area contributed by atoms with Crippen molar-refractivity contribution in [1.82, 2.24) is 4.98 Å². The lowest BCUT2D eigenvalue weighted by Crippen LogP contribution is -2.30. The van der Waals surface area contributed by atoms with Gasteiger partial charge in [0.2, 0.25) is 0 Å². The van der Waals surface area contributed by atoms with Crippen LogP contribution >= 0.6 is 11.3 Å². The van der Waals surface area contributed by atoms with Crippen LogP contribution in [0, 0.1) is 0 Å². The van der Waals surface area contributed by atoms with Crippen molar-refractivity contribution in [2.45, 2.75) is 12.7 Å². The highest BCUT2D eigenvalue weighted by molar-refractivity contribution is 7.22. The number of anilines is 1. The summed E-state index contributed by atoms with van der Waals surface area (Å²) in [6.07, 6.45) is -4.55. The predicted molar refractivity (Wildman–Crippen MR) is 135 cm³/mol. The average Bonchev–Trinajstić information content (AvgIpc) is 3.32. The van der Waals surface area contributed by atoms with E-state index in [1.165, 1.54) is 11.0 Å². The number of carbonyl (C=O) groups is 1. The Balaban J connectivity index is 1.54. The number of hydrogen-bond acceptors (Lipinski definition) is 4. The predicted octanol–water partition coefficient (Wildman–Crippen LogP) is 7.95. The number of thiazole rings is 1. The minimum atomic E-state index is -4.55. The van der Waals surface area contributed by atoms with Gasteiger partial charge >= 0.3 is 6.18 Å². The second kappa shape index (κ2) is 9.83. The van der Waals surface area contributed by atoms with Gasteiger partial charge in [0.15, 0.2) is 5.13 Å². The number of alkyl halides is 3. The van der Waals surface area contributed by atoms with Crippen molar-refractivity contribution in [3.63, 3.8) is 0 Å². The Morgan fingerprint density at radius 2 is 1.50 bits per heavy atom. The lowest BCUT2D eigenvalue weighted by molar-refractivity contribution is -0.136. The van der Waals surface area contributed by atoms with Gasteiger partial charge in [-0.25, -0.2) is 4.98 Å². The van der Waals surface area contributed by atoms with E-state index in [2.05, 4.69) is 4.98 Å². The maximum absolute atomic E-state index is 13.7. The van der Waals surface area contributed by atoms with Crippen molar-refractivity contribution in [3.8, 4) is 11.5 Å². The monoisotopic (exact) mass is 504 g/mol. The van der Waals surface area contributed by atoms with E-state index in [1.807, 2.05) is 48.5 Å². The molecule has 5 rings (SSSR count). The number of benzene rings is 4. The van der Waals surface area contributed by atoms with Crippen LogP contribution in [0.5, 0.6) is 11.5 Å². The standard InChI is InChI=1S/C28H19F3N2O2S/c29-28(30,31)23-15-8-16-24-25(23)32-27(36-24)33(18-19-9-3-1-4-10-19)26(34)20-11-7-14-22(17-20)35-21-12-5-2-6-13-21/h1-17H,18H2. The minimum Gasteiger partial charge on any atom is -0.457 e. The molecular weight excluding hydrogens is 485 g/mol. The molecule has 180 valence electrons. The number of nitrogens with zero attached hydrogens (tertiary/aromatic N) is 2. The Labute approximate surface area is 209 Å². The van der Waals surface area contributed by atoms with Crippen LogP contribution in [-0.2, 0) is 12.7 Å². The molecule has 0 saturated heterocycles. The molecule has 4 aromatic carbocycles. The SMILES string of the molecule is O=C(c1cccc(Oc2ccccc2)c1)N(Cc1ccccc1)c1nc2c(C(F)(F)F)cccc2s1. The van der Waals surface area contributed by atoms with Gasteiger partial charge in [0.1, 0.15) is 11.5 Å². The zero-order valence-corrected chi connectivity index (χ0v) is 19.6. The van der Waals surface area contributed by atoms with Crippen LogP contribution in [0.2, 0.25) is 0 Å². The molecule has 0 saturated carbocycles. The fraction of sp³-hybridized carbons (Fsp3) is 0.0714. The summed E-state index contributed by atoms with van der Waals surface area (Å²) in [4.78, 5) is 19.4. The van der Waals surface area contributed by atoms with Crippen LogP contribution in [-0.4, -0.2) is 10.9 Å². The molecule has 36 heavy (non-hydrogen) atoms. The molecule has 8 heteroatoms. The molecule has 0 atom stereocenters. The van der Waals surface area contributed by atoms with Crippen LogP contribution in [0.25, 0.3) is 10.2 Å². The first-order valence-electron chi connectivity index (χ1n) is 11.0. The van der Waals surface area contributed by atoms with Crippen LogP contribution in [0.3, 0.4) is 0 Å². The summed E-state index contributed by atoms with van der Waals surface area (Å²) in [5.41, 5.74) is 0.150. The quantitative estimate of drug-likeness (QED) is 0.236. The van der Waals surface area contributed by atoms with E-state index in [1.54, 1.807) is 42.5 Å². The molecule has 0 radical (unpaired) electrons. The number of amides is 1. The highest BCUT2D eigenvalue weighted by atomic mass is 32.1. The van der Waals surface area contributed by atoms with Crippen LogP contribution in [0.15, 0.2) is 103 Å². The van der Waals surface area contributed by atoms with E-state index in [0.29, 0.717) is 21.8 Å². The molecule has 0 fully saturated rings. The normalized spacial score (nSPS) is 11.4.